The molecule has 0 atom stereocenters. The van der Waals surface area contributed by atoms with Gasteiger partial charge < -0.3 is 15.7 Å². The van der Waals surface area contributed by atoms with Crippen molar-refractivity contribution < 1.29 is 5.11 Å². The first kappa shape index (κ1) is 10.9. The van der Waals surface area contributed by atoms with Crippen LogP contribution in [0.2, 0.25) is 0 Å². The fraction of sp³-hybridized carbons (Fsp3) is 0.455. The molecule has 1 aromatic carbocycles. The molecule has 3 heteroatoms. The zero-order valence-corrected chi connectivity index (χ0v) is 8.83. The van der Waals surface area contributed by atoms with Gasteiger partial charge in [0.2, 0.25) is 0 Å². The minimum atomic E-state index is 0.0444. The predicted octanol–water partition coefficient (Wildman–Crippen LogP) is 1.61. The lowest BCUT2D eigenvalue weighted by Crippen LogP contribution is -2.22. The van der Waals surface area contributed by atoms with Gasteiger partial charge in [-0.1, -0.05) is 6.07 Å². The Balaban J connectivity index is 2.98. The van der Waals surface area contributed by atoms with Crippen LogP contribution in [-0.2, 0) is 6.61 Å². The number of aliphatic hydroxyl groups is 1. The standard InChI is InChI=1S/C11H18N2O/c1-3-13(4-2)11-6-5-9(8-14)7-10(11)12/h5-7,14H,3-4,8,12H2,1-2H3. The van der Waals surface area contributed by atoms with Crippen LogP contribution in [0.15, 0.2) is 18.2 Å². The quantitative estimate of drug-likeness (QED) is 0.716. The fourth-order valence-electron chi connectivity index (χ4n) is 1.55. The molecule has 0 saturated carbocycles. The Hall–Kier alpha value is -1.22. The number of benzene rings is 1. The summed E-state index contributed by atoms with van der Waals surface area (Å²) in [6.45, 7) is 6.13. The summed E-state index contributed by atoms with van der Waals surface area (Å²) in [5.74, 6) is 0. The summed E-state index contributed by atoms with van der Waals surface area (Å²) in [4.78, 5) is 2.19. The Morgan fingerprint density at radius 2 is 1.93 bits per heavy atom. The topological polar surface area (TPSA) is 49.5 Å². The van der Waals surface area contributed by atoms with E-state index in [1.807, 2.05) is 18.2 Å². The van der Waals surface area contributed by atoms with Crippen molar-refractivity contribution in [1.82, 2.24) is 0 Å². The van der Waals surface area contributed by atoms with Crippen molar-refractivity contribution in [2.45, 2.75) is 20.5 Å². The Labute approximate surface area is 85.2 Å². The van der Waals surface area contributed by atoms with E-state index < -0.39 is 0 Å². The van der Waals surface area contributed by atoms with Crippen molar-refractivity contribution in [3.63, 3.8) is 0 Å². The molecule has 0 spiro atoms. The average molecular weight is 194 g/mol. The van der Waals surface area contributed by atoms with E-state index >= 15 is 0 Å². The maximum Gasteiger partial charge on any atom is 0.0682 e. The number of nitrogens with two attached hydrogens (primary N) is 1. The number of nitrogens with zero attached hydrogens (tertiary/aromatic N) is 1. The van der Waals surface area contributed by atoms with E-state index in [-0.39, 0.29) is 6.61 Å². The normalized spacial score (nSPS) is 10.2. The molecule has 0 fully saturated rings. The maximum absolute atomic E-state index is 8.94. The molecule has 0 bridgehead atoms. The SMILES string of the molecule is CCN(CC)c1ccc(CO)cc1N. The van der Waals surface area contributed by atoms with Crippen molar-refractivity contribution in [2.24, 2.45) is 0 Å². The average Bonchev–Trinajstić information content (AvgIpc) is 2.22. The van der Waals surface area contributed by atoms with Crippen LogP contribution in [0.4, 0.5) is 11.4 Å². The number of aliphatic hydroxyl groups excluding tert-OH is 1. The second kappa shape index (κ2) is 4.86. The predicted molar refractivity (Wildman–Crippen MR) is 60.3 cm³/mol. The molecular weight excluding hydrogens is 176 g/mol. The number of hydrogen-bond donors (Lipinski definition) is 2. The minimum Gasteiger partial charge on any atom is -0.397 e. The van der Waals surface area contributed by atoms with Gasteiger partial charge in [-0.15, -0.1) is 0 Å². The van der Waals surface area contributed by atoms with Gasteiger partial charge in [0.25, 0.3) is 0 Å². The van der Waals surface area contributed by atoms with Crippen molar-refractivity contribution in [3.8, 4) is 0 Å². The Kier molecular flexibility index (Phi) is 3.77. The summed E-state index contributed by atoms with van der Waals surface area (Å²) in [5, 5.41) is 8.94. The van der Waals surface area contributed by atoms with E-state index in [1.54, 1.807) is 0 Å². The van der Waals surface area contributed by atoms with Crippen molar-refractivity contribution in [2.75, 3.05) is 23.7 Å². The fourth-order valence-corrected chi connectivity index (χ4v) is 1.55. The summed E-state index contributed by atoms with van der Waals surface area (Å²) >= 11 is 0. The van der Waals surface area contributed by atoms with Crippen molar-refractivity contribution >= 4 is 11.4 Å². The lowest BCUT2D eigenvalue weighted by molar-refractivity contribution is 0.282. The molecule has 1 aromatic rings. The minimum absolute atomic E-state index is 0.0444. The molecule has 14 heavy (non-hydrogen) atoms. The summed E-state index contributed by atoms with van der Waals surface area (Å²) in [7, 11) is 0. The van der Waals surface area contributed by atoms with Crippen LogP contribution in [-0.4, -0.2) is 18.2 Å². The summed E-state index contributed by atoms with van der Waals surface area (Å²) in [5.41, 5.74) is 8.54. The third-order valence-electron chi connectivity index (χ3n) is 2.38. The van der Waals surface area contributed by atoms with E-state index in [9.17, 15) is 0 Å². The van der Waals surface area contributed by atoms with Gasteiger partial charge in [-0.25, -0.2) is 0 Å². The van der Waals surface area contributed by atoms with E-state index in [0.717, 1.165) is 30.0 Å². The highest BCUT2D eigenvalue weighted by Gasteiger charge is 2.05. The lowest BCUT2D eigenvalue weighted by Gasteiger charge is -2.23. The van der Waals surface area contributed by atoms with Gasteiger partial charge >= 0.3 is 0 Å². The summed E-state index contributed by atoms with van der Waals surface area (Å²) in [6, 6.07) is 5.70. The molecule has 0 aliphatic heterocycles. The van der Waals surface area contributed by atoms with Gasteiger partial charge in [-0.05, 0) is 31.5 Å². The second-order valence-electron chi connectivity index (χ2n) is 3.22. The number of nitrogen functional groups attached to an aromatic ring is 1. The van der Waals surface area contributed by atoms with E-state index in [0.29, 0.717) is 0 Å². The monoisotopic (exact) mass is 194 g/mol. The number of rotatable bonds is 4. The molecule has 1 rings (SSSR count). The Bertz CT molecular complexity index is 295. The van der Waals surface area contributed by atoms with Crippen molar-refractivity contribution in [3.05, 3.63) is 23.8 Å². The first-order valence-electron chi connectivity index (χ1n) is 4.97. The first-order valence-corrected chi connectivity index (χ1v) is 4.97. The summed E-state index contributed by atoms with van der Waals surface area (Å²) in [6.07, 6.45) is 0. The molecule has 78 valence electrons. The van der Waals surface area contributed by atoms with Gasteiger partial charge in [0.05, 0.1) is 18.0 Å². The molecule has 3 N–H and O–H groups in total. The Morgan fingerprint density at radius 1 is 1.29 bits per heavy atom. The molecule has 0 aliphatic rings. The molecule has 0 unspecified atom stereocenters. The number of anilines is 2. The van der Waals surface area contributed by atoms with Crippen LogP contribution in [0.3, 0.4) is 0 Å². The van der Waals surface area contributed by atoms with Gasteiger partial charge in [-0.3, -0.25) is 0 Å². The molecule has 0 saturated heterocycles. The van der Waals surface area contributed by atoms with Crippen LogP contribution < -0.4 is 10.6 Å². The van der Waals surface area contributed by atoms with Crippen LogP contribution in [0.5, 0.6) is 0 Å². The van der Waals surface area contributed by atoms with E-state index in [2.05, 4.69) is 18.7 Å². The highest BCUT2D eigenvalue weighted by molar-refractivity contribution is 5.68. The van der Waals surface area contributed by atoms with Crippen LogP contribution >= 0.6 is 0 Å². The highest BCUT2D eigenvalue weighted by Crippen LogP contribution is 2.23. The third kappa shape index (κ3) is 2.17. The van der Waals surface area contributed by atoms with Crippen LogP contribution in [0.1, 0.15) is 19.4 Å². The zero-order valence-electron chi connectivity index (χ0n) is 8.83. The van der Waals surface area contributed by atoms with E-state index in [4.69, 9.17) is 10.8 Å². The smallest absolute Gasteiger partial charge is 0.0682 e. The van der Waals surface area contributed by atoms with Crippen LogP contribution in [0.25, 0.3) is 0 Å². The molecule has 0 radical (unpaired) electrons. The van der Waals surface area contributed by atoms with Gasteiger partial charge in [0.1, 0.15) is 0 Å². The van der Waals surface area contributed by atoms with Gasteiger partial charge in [0, 0.05) is 13.1 Å². The Morgan fingerprint density at radius 3 is 2.36 bits per heavy atom. The largest absolute Gasteiger partial charge is 0.397 e. The van der Waals surface area contributed by atoms with Crippen LogP contribution in [0, 0.1) is 0 Å². The molecule has 0 aliphatic carbocycles. The zero-order chi connectivity index (χ0) is 10.6. The second-order valence-corrected chi connectivity index (χ2v) is 3.22. The summed E-state index contributed by atoms with van der Waals surface area (Å²) < 4.78 is 0. The molecule has 0 aromatic heterocycles. The van der Waals surface area contributed by atoms with E-state index in [1.165, 1.54) is 0 Å². The molecule has 0 heterocycles. The molecular formula is C11H18N2O. The van der Waals surface area contributed by atoms with Gasteiger partial charge in [0.15, 0.2) is 0 Å². The van der Waals surface area contributed by atoms with Gasteiger partial charge in [-0.2, -0.15) is 0 Å². The number of hydrogen-bond acceptors (Lipinski definition) is 3. The van der Waals surface area contributed by atoms with Crippen molar-refractivity contribution in [1.29, 1.82) is 0 Å². The third-order valence-corrected chi connectivity index (χ3v) is 2.38. The highest BCUT2D eigenvalue weighted by atomic mass is 16.3. The molecule has 0 amide bonds. The lowest BCUT2D eigenvalue weighted by atomic mass is 10.1. The maximum atomic E-state index is 8.94. The first-order chi connectivity index (χ1) is 6.72. The molecule has 3 nitrogen and oxygen atoms in total.